The third-order valence-corrected chi connectivity index (χ3v) is 6.90. The Bertz CT molecular complexity index is 1090. The van der Waals surface area contributed by atoms with E-state index in [9.17, 15) is 4.79 Å². The zero-order valence-electron chi connectivity index (χ0n) is 17.2. The lowest BCUT2D eigenvalue weighted by Gasteiger charge is -2.25. The zero-order valence-corrected chi connectivity index (χ0v) is 17.2. The number of aromatic nitrogens is 5. The minimum Gasteiger partial charge on any atom is -0.322 e. The van der Waals surface area contributed by atoms with Gasteiger partial charge in [0.05, 0.1) is 24.7 Å². The van der Waals surface area contributed by atoms with Crippen molar-refractivity contribution in [3.05, 3.63) is 51.1 Å². The molecular weight excluding hydrogens is 364 g/mol. The Morgan fingerprint density at radius 1 is 1.07 bits per heavy atom. The molecule has 29 heavy (non-hydrogen) atoms. The molecule has 0 amide bonds. The van der Waals surface area contributed by atoms with Crippen LogP contribution in [0.3, 0.4) is 0 Å². The number of aryl methyl sites for hydroxylation is 2. The Hall–Kier alpha value is -2.54. The molecule has 3 heterocycles. The van der Waals surface area contributed by atoms with Crippen LogP contribution in [0.4, 0.5) is 0 Å². The number of tetrazole rings is 1. The quantitative estimate of drug-likeness (QED) is 0.711. The highest BCUT2D eigenvalue weighted by atomic mass is 16.1. The molecule has 1 atom stereocenters. The molecule has 0 unspecified atom stereocenters. The molecule has 3 aromatic rings. The van der Waals surface area contributed by atoms with Gasteiger partial charge in [-0.25, -0.2) is 4.68 Å². The van der Waals surface area contributed by atoms with Crippen LogP contribution in [0, 0.1) is 13.8 Å². The van der Waals surface area contributed by atoms with E-state index in [0.717, 1.165) is 48.2 Å². The molecule has 1 aromatic carbocycles. The van der Waals surface area contributed by atoms with Crippen LogP contribution in [0.2, 0.25) is 0 Å². The molecule has 1 aliphatic heterocycles. The molecule has 2 aliphatic rings. The molecule has 1 saturated heterocycles. The van der Waals surface area contributed by atoms with Crippen molar-refractivity contribution in [1.29, 1.82) is 0 Å². The minimum atomic E-state index is -0.122. The smallest absolute Gasteiger partial charge is 0.258 e. The van der Waals surface area contributed by atoms with Crippen molar-refractivity contribution in [2.45, 2.75) is 64.5 Å². The first-order valence-electron chi connectivity index (χ1n) is 10.9. The van der Waals surface area contributed by atoms with Crippen molar-refractivity contribution < 1.29 is 4.90 Å². The van der Waals surface area contributed by atoms with E-state index in [1.54, 1.807) is 0 Å². The van der Waals surface area contributed by atoms with Crippen LogP contribution in [0.1, 0.15) is 73.1 Å². The third-order valence-electron chi connectivity index (χ3n) is 6.90. The fourth-order valence-electron chi connectivity index (χ4n) is 5.17. The van der Waals surface area contributed by atoms with E-state index in [4.69, 9.17) is 0 Å². The summed E-state index contributed by atoms with van der Waals surface area (Å²) < 4.78 is 2.02. The Morgan fingerprint density at radius 3 is 2.55 bits per heavy atom. The number of H-pyrrole nitrogens is 1. The van der Waals surface area contributed by atoms with Gasteiger partial charge in [-0.1, -0.05) is 12.8 Å². The zero-order chi connectivity index (χ0) is 20.0. The van der Waals surface area contributed by atoms with Crippen molar-refractivity contribution in [3.63, 3.8) is 0 Å². The molecule has 0 radical (unpaired) electrons. The summed E-state index contributed by atoms with van der Waals surface area (Å²) in [6.07, 6.45) is 7.04. The number of benzene rings is 1. The Labute approximate surface area is 170 Å². The third kappa shape index (κ3) is 3.27. The molecule has 0 bridgehead atoms. The lowest BCUT2D eigenvalue weighted by molar-refractivity contribution is -0.914. The highest BCUT2D eigenvalue weighted by Gasteiger charge is 2.37. The van der Waals surface area contributed by atoms with E-state index in [0.29, 0.717) is 6.04 Å². The standard InChI is InChI=1S/C22H28N6O/c1-14-11-16-13-18(22(29)23-19(16)12-15(14)2)20(27-9-5-6-10-27)21-24-25-26-28(21)17-7-3-4-8-17/h11-13,17,20H,3-10H2,1-2H3,(H,23,29)/p+1/t20-/m1/s1. The number of nitrogens with one attached hydrogen (secondary N) is 2. The second-order valence-corrected chi connectivity index (χ2v) is 8.80. The number of hydrogen-bond donors (Lipinski definition) is 2. The Kier molecular flexibility index (Phi) is 4.70. The number of rotatable bonds is 4. The molecule has 7 heteroatoms. The van der Waals surface area contributed by atoms with Gasteiger partial charge in [0.25, 0.3) is 5.56 Å². The summed E-state index contributed by atoms with van der Waals surface area (Å²) in [6, 6.07) is 6.54. The molecule has 2 fully saturated rings. The van der Waals surface area contributed by atoms with Gasteiger partial charge in [-0.3, -0.25) is 4.79 Å². The average molecular weight is 394 g/mol. The van der Waals surface area contributed by atoms with Gasteiger partial charge in [0.1, 0.15) is 0 Å². The normalized spacial score (nSPS) is 19.4. The summed E-state index contributed by atoms with van der Waals surface area (Å²) in [6.45, 7) is 6.29. The van der Waals surface area contributed by atoms with Crippen LogP contribution in [0.25, 0.3) is 10.9 Å². The maximum absolute atomic E-state index is 13.2. The van der Waals surface area contributed by atoms with Crippen molar-refractivity contribution >= 4 is 10.9 Å². The molecule has 0 spiro atoms. The molecule has 1 aliphatic carbocycles. The summed E-state index contributed by atoms with van der Waals surface area (Å²) >= 11 is 0. The van der Waals surface area contributed by atoms with Crippen LogP contribution < -0.4 is 10.5 Å². The van der Waals surface area contributed by atoms with Crippen molar-refractivity contribution in [2.24, 2.45) is 0 Å². The summed E-state index contributed by atoms with van der Waals surface area (Å²) in [5.41, 5.74) is 4.08. The maximum Gasteiger partial charge on any atom is 0.258 e. The second-order valence-electron chi connectivity index (χ2n) is 8.80. The first-order valence-corrected chi connectivity index (χ1v) is 10.9. The van der Waals surface area contributed by atoms with Crippen LogP contribution >= 0.6 is 0 Å². The maximum atomic E-state index is 13.2. The summed E-state index contributed by atoms with van der Waals surface area (Å²) in [4.78, 5) is 17.7. The van der Waals surface area contributed by atoms with Crippen molar-refractivity contribution in [2.75, 3.05) is 13.1 Å². The minimum absolute atomic E-state index is 0.0221. The van der Waals surface area contributed by atoms with Gasteiger partial charge in [0, 0.05) is 18.4 Å². The molecular formula is C22H29N6O+. The van der Waals surface area contributed by atoms with E-state index in [1.165, 1.54) is 41.7 Å². The van der Waals surface area contributed by atoms with Gasteiger partial charge < -0.3 is 9.88 Å². The largest absolute Gasteiger partial charge is 0.322 e. The van der Waals surface area contributed by atoms with Crippen molar-refractivity contribution in [1.82, 2.24) is 25.2 Å². The SMILES string of the molecule is Cc1cc2cc([C@H](c3nnnn3C3CCCC3)[NH+]3CCCC3)c(=O)[nH]c2cc1C. The van der Waals surface area contributed by atoms with Gasteiger partial charge in [-0.05, 0) is 71.8 Å². The lowest BCUT2D eigenvalue weighted by Crippen LogP contribution is -3.10. The number of hydrogen-bond acceptors (Lipinski definition) is 4. The van der Waals surface area contributed by atoms with Crippen LogP contribution in [0.5, 0.6) is 0 Å². The van der Waals surface area contributed by atoms with Crippen molar-refractivity contribution in [3.8, 4) is 0 Å². The van der Waals surface area contributed by atoms with E-state index in [1.807, 2.05) is 4.68 Å². The highest BCUT2D eigenvalue weighted by molar-refractivity contribution is 5.80. The number of pyridine rings is 1. The predicted octanol–water partition coefficient (Wildman–Crippen LogP) is 2.01. The van der Waals surface area contributed by atoms with Gasteiger partial charge in [-0.15, -0.1) is 5.10 Å². The van der Waals surface area contributed by atoms with E-state index in [2.05, 4.69) is 52.6 Å². The number of fused-ring (bicyclic) bond motifs is 1. The number of nitrogens with zero attached hydrogens (tertiary/aromatic N) is 4. The molecule has 152 valence electrons. The van der Waals surface area contributed by atoms with Gasteiger partial charge >= 0.3 is 0 Å². The number of aromatic amines is 1. The van der Waals surface area contributed by atoms with Crippen LogP contribution in [-0.2, 0) is 0 Å². The van der Waals surface area contributed by atoms with Gasteiger partial charge in [-0.2, -0.15) is 0 Å². The first kappa shape index (κ1) is 18.5. The molecule has 1 saturated carbocycles. The molecule has 5 rings (SSSR count). The van der Waals surface area contributed by atoms with E-state index < -0.39 is 0 Å². The average Bonchev–Trinajstić information content (AvgIpc) is 3.46. The van der Waals surface area contributed by atoms with Crippen LogP contribution in [-0.4, -0.2) is 38.3 Å². The Morgan fingerprint density at radius 2 is 1.79 bits per heavy atom. The number of quaternary nitrogens is 1. The predicted molar refractivity (Wildman–Crippen MR) is 111 cm³/mol. The second kappa shape index (κ2) is 7.37. The molecule has 2 N–H and O–H groups in total. The number of likely N-dealkylation sites (tertiary alicyclic amines) is 1. The van der Waals surface area contributed by atoms with Crippen LogP contribution in [0.15, 0.2) is 23.0 Å². The van der Waals surface area contributed by atoms with Gasteiger partial charge in [0.15, 0.2) is 6.04 Å². The molecule has 7 nitrogen and oxygen atoms in total. The van der Waals surface area contributed by atoms with Gasteiger partial charge in [0.2, 0.25) is 5.82 Å². The first-order chi connectivity index (χ1) is 14.1. The fraction of sp³-hybridized carbons (Fsp3) is 0.545. The lowest BCUT2D eigenvalue weighted by atomic mass is 10.0. The monoisotopic (exact) mass is 393 g/mol. The van der Waals surface area contributed by atoms with E-state index >= 15 is 0 Å². The van der Waals surface area contributed by atoms with E-state index in [-0.39, 0.29) is 11.6 Å². The topological polar surface area (TPSA) is 80.9 Å². The fourth-order valence-corrected chi connectivity index (χ4v) is 5.17. The summed E-state index contributed by atoms with van der Waals surface area (Å²) in [7, 11) is 0. The summed E-state index contributed by atoms with van der Waals surface area (Å²) in [5, 5.41) is 13.9. The highest BCUT2D eigenvalue weighted by Crippen LogP contribution is 2.31. The Balaban J connectivity index is 1.66. The molecule has 2 aromatic heterocycles. The summed E-state index contributed by atoms with van der Waals surface area (Å²) in [5.74, 6) is 0.850.